The summed E-state index contributed by atoms with van der Waals surface area (Å²) in [5.41, 5.74) is 2.51. The van der Waals surface area contributed by atoms with E-state index in [1.54, 1.807) is 0 Å². The van der Waals surface area contributed by atoms with Crippen LogP contribution < -0.4 is 0 Å². The molecule has 0 N–H and O–H groups in total. The van der Waals surface area contributed by atoms with Crippen LogP contribution in [0.5, 0.6) is 0 Å². The lowest BCUT2D eigenvalue weighted by Gasteiger charge is -2.27. The van der Waals surface area contributed by atoms with E-state index < -0.39 is 0 Å². The molecule has 0 aromatic heterocycles. The maximum atomic E-state index is 12.0. The van der Waals surface area contributed by atoms with Gasteiger partial charge in [-0.2, -0.15) is 0 Å². The molecular formula is C17H23NO2. The zero-order chi connectivity index (χ0) is 14.2. The number of rotatable bonds is 4. The molecule has 0 unspecified atom stereocenters. The maximum absolute atomic E-state index is 12.0. The van der Waals surface area contributed by atoms with E-state index in [4.69, 9.17) is 4.74 Å². The van der Waals surface area contributed by atoms with Gasteiger partial charge in [-0.25, -0.2) is 4.79 Å². The smallest absolute Gasteiger partial charge is 0.410 e. The third kappa shape index (κ3) is 4.41. The molecule has 1 amide bonds. The molecule has 1 heterocycles. The first-order valence-electron chi connectivity index (χ1n) is 7.43. The van der Waals surface area contributed by atoms with Crippen LogP contribution in [-0.4, -0.2) is 24.1 Å². The van der Waals surface area contributed by atoms with Crippen molar-refractivity contribution in [3.8, 4) is 0 Å². The van der Waals surface area contributed by atoms with Gasteiger partial charge in [-0.1, -0.05) is 55.3 Å². The first kappa shape index (κ1) is 14.6. The monoisotopic (exact) mass is 273 g/mol. The summed E-state index contributed by atoms with van der Waals surface area (Å²) in [6, 6.07) is 9.80. The van der Waals surface area contributed by atoms with E-state index in [9.17, 15) is 4.79 Å². The number of hydrogen-bond donors (Lipinski definition) is 0. The minimum atomic E-state index is -0.191. The van der Waals surface area contributed by atoms with Gasteiger partial charge in [0.1, 0.15) is 6.61 Å². The topological polar surface area (TPSA) is 29.5 Å². The summed E-state index contributed by atoms with van der Waals surface area (Å²) in [5, 5.41) is 0. The predicted octanol–water partition coefficient (Wildman–Crippen LogP) is 4.15. The zero-order valence-corrected chi connectivity index (χ0v) is 12.2. The summed E-state index contributed by atoms with van der Waals surface area (Å²) < 4.78 is 5.35. The van der Waals surface area contributed by atoms with Gasteiger partial charge in [0, 0.05) is 13.1 Å². The number of carbonyl (C=O) groups is 1. The van der Waals surface area contributed by atoms with E-state index in [0.717, 1.165) is 37.9 Å². The van der Waals surface area contributed by atoms with Crippen molar-refractivity contribution >= 4 is 6.09 Å². The van der Waals surface area contributed by atoms with Gasteiger partial charge in [-0.3, -0.25) is 0 Å². The lowest BCUT2D eigenvalue weighted by atomic mass is 10.0. The van der Waals surface area contributed by atoms with E-state index in [1.807, 2.05) is 35.2 Å². The van der Waals surface area contributed by atoms with Crippen LogP contribution >= 0.6 is 0 Å². The molecular weight excluding hydrogens is 250 g/mol. The van der Waals surface area contributed by atoms with Crippen LogP contribution in [0.25, 0.3) is 0 Å². The Labute approximate surface area is 121 Å². The van der Waals surface area contributed by atoms with Crippen LogP contribution in [0.2, 0.25) is 0 Å². The Morgan fingerprint density at radius 2 is 1.95 bits per heavy atom. The van der Waals surface area contributed by atoms with Gasteiger partial charge >= 0.3 is 6.09 Å². The first-order valence-corrected chi connectivity index (χ1v) is 7.43. The second kappa shape index (κ2) is 7.73. The van der Waals surface area contributed by atoms with E-state index in [1.165, 1.54) is 12.0 Å². The quantitative estimate of drug-likeness (QED) is 0.771. The van der Waals surface area contributed by atoms with Crippen molar-refractivity contribution in [1.82, 2.24) is 4.90 Å². The number of ether oxygens (including phenoxy) is 1. The highest BCUT2D eigenvalue weighted by molar-refractivity contribution is 5.67. The zero-order valence-electron chi connectivity index (χ0n) is 12.2. The lowest BCUT2D eigenvalue weighted by molar-refractivity contribution is 0.0935. The number of likely N-dealkylation sites (tertiary alicyclic amines) is 1. The number of amides is 1. The van der Waals surface area contributed by atoms with Crippen LogP contribution in [0.1, 0.15) is 38.2 Å². The number of carbonyl (C=O) groups excluding carboxylic acids is 1. The molecule has 1 aromatic carbocycles. The molecule has 0 radical (unpaired) electrons. The SMILES string of the molecule is CCCC=C1CCN(C(=O)OCc2ccccc2)CC1. The van der Waals surface area contributed by atoms with E-state index >= 15 is 0 Å². The molecule has 3 nitrogen and oxygen atoms in total. The number of allylic oxidation sites excluding steroid dienone is 1. The molecule has 20 heavy (non-hydrogen) atoms. The second-order valence-corrected chi connectivity index (χ2v) is 5.18. The summed E-state index contributed by atoms with van der Waals surface area (Å²) >= 11 is 0. The van der Waals surface area contributed by atoms with Crippen molar-refractivity contribution in [3.05, 3.63) is 47.5 Å². The number of piperidine rings is 1. The van der Waals surface area contributed by atoms with E-state index in [-0.39, 0.29) is 6.09 Å². The van der Waals surface area contributed by atoms with Gasteiger partial charge < -0.3 is 9.64 Å². The van der Waals surface area contributed by atoms with Crippen molar-refractivity contribution < 1.29 is 9.53 Å². The summed E-state index contributed by atoms with van der Waals surface area (Å²) in [6.07, 6.45) is 6.44. The molecule has 1 aliphatic rings. The lowest BCUT2D eigenvalue weighted by Crippen LogP contribution is -2.36. The van der Waals surface area contributed by atoms with Gasteiger partial charge in [-0.15, -0.1) is 0 Å². The fraction of sp³-hybridized carbons (Fsp3) is 0.471. The van der Waals surface area contributed by atoms with E-state index in [0.29, 0.717) is 6.61 Å². The first-order chi connectivity index (χ1) is 9.79. The van der Waals surface area contributed by atoms with Crippen LogP contribution in [0.4, 0.5) is 4.79 Å². The molecule has 0 aliphatic carbocycles. The molecule has 0 atom stereocenters. The summed E-state index contributed by atoms with van der Waals surface area (Å²) in [6.45, 7) is 4.11. The van der Waals surface area contributed by atoms with Gasteiger partial charge in [0.05, 0.1) is 0 Å². The molecule has 0 bridgehead atoms. The highest BCUT2D eigenvalue weighted by Gasteiger charge is 2.19. The van der Waals surface area contributed by atoms with Crippen LogP contribution in [0.3, 0.4) is 0 Å². The molecule has 108 valence electrons. The standard InChI is InChI=1S/C17H23NO2/c1-2-3-7-15-10-12-18(13-11-15)17(19)20-14-16-8-5-4-6-9-16/h4-9H,2-3,10-14H2,1H3. The van der Waals surface area contributed by atoms with Crippen LogP contribution in [-0.2, 0) is 11.3 Å². The number of nitrogens with zero attached hydrogens (tertiary/aromatic N) is 1. The Bertz CT molecular complexity index is 443. The summed E-state index contributed by atoms with van der Waals surface area (Å²) in [4.78, 5) is 13.8. The highest BCUT2D eigenvalue weighted by atomic mass is 16.6. The van der Waals surface area contributed by atoms with E-state index in [2.05, 4.69) is 13.0 Å². The second-order valence-electron chi connectivity index (χ2n) is 5.18. The van der Waals surface area contributed by atoms with Crippen LogP contribution in [0.15, 0.2) is 42.0 Å². The molecule has 0 saturated carbocycles. The minimum Gasteiger partial charge on any atom is -0.445 e. The molecule has 3 heteroatoms. The Kier molecular flexibility index (Phi) is 5.66. The Hall–Kier alpha value is -1.77. The average Bonchev–Trinajstić information content (AvgIpc) is 2.52. The molecule has 2 rings (SSSR count). The number of unbranched alkanes of at least 4 members (excludes halogenated alkanes) is 1. The maximum Gasteiger partial charge on any atom is 0.410 e. The highest BCUT2D eigenvalue weighted by Crippen LogP contribution is 2.18. The van der Waals surface area contributed by atoms with Gasteiger partial charge in [-0.05, 0) is 24.8 Å². The molecule has 1 aromatic rings. The van der Waals surface area contributed by atoms with Crippen molar-refractivity contribution in [2.75, 3.05) is 13.1 Å². The van der Waals surface area contributed by atoms with Gasteiger partial charge in [0.15, 0.2) is 0 Å². The Balaban J connectivity index is 1.75. The third-order valence-electron chi connectivity index (χ3n) is 3.59. The largest absolute Gasteiger partial charge is 0.445 e. The van der Waals surface area contributed by atoms with Crippen molar-refractivity contribution in [2.45, 2.75) is 39.2 Å². The van der Waals surface area contributed by atoms with Crippen molar-refractivity contribution in [1.29, 1.82) is 0 Å². The summed E-state index contributed by atoms with van der Waals surface area (Å²) in [5.74, 6) is 0. The number of benzene rings is 1. The predicted molar refractivity (Wildman–Crippen MR) is 80.4 cm³/mol. The van der Waals surface area contributed by atoms with Crippen molar-refractivity contribution in [2.24, 2.45) is 0 Å². The molecule has 1 fully saturated rings. The van der Waals surface area contributed by atoms with Gasteiger partial charge in [0.2, 0.25) is 0 Å². The Morgan fingerprint density at radius 1 is 1.25 bits per heavy atom. The van der Waals surface area contributed by atoms with Crippen LogP contribution in [0, 0.1) is 0 Å². The fourth-order valence-corrected chi connectivity index (χ4v) is 2.34. The molecule has 1 saturated heterocycles. The normalized spacial score (nSPS) is 15.1. The average molecular weight is 273 g/mol. The van der Waals surface area contributed by atoms with Crippen molar-refractivity contribution in [3.63, 3.8) is 0 Å². The number of hydrogen-bond acceptors (Lipinski definition) is 2. The molecule has 0 spiro atoms. The van der Waals surface area contributed by atoms with Gasteiger partial charge in [0.25, 0.3) is 0 Å². The minimum absolute atomic E-state index is 0.191. The Morgan fingerprint density at radius 3 is 2.60 bits per heavy atom. The molecule has 1 aliphatic heterocycles. The fourth-order valence-electron chi connectivity index (χ4n) is 2.34. The third-order valence-corrected chi connectivity index (χ3v) is 3.59. The summed E-state index contributed by atoms with van der Waals surface area (Å²) in [7, 11) is 0.